The van der Waals surface area contributed by atoms with Gasteiger partial charge in [0.05, 0.1) is 0 Å². The zero-order valence-electron chi connectivity index (χ0n) is 31.0. The summed E-state index contributed by atoms with van der Waals surface area (Å²) in [4.78, 5) is 0. The molecule has 0 nitrogen and oxygen atoms in total. The highest BCUT2D eigenvalue weighted by Crippen LogP contribution is 2.54. The molecule has 0 atom stereocenters. The van der Waals surface area contributed by atoms with Crippen molar-refractivity contribution in [1.29, 1.82) is 0 Å². The third-order valence-electron chi connectivity index (χ3n) is 12.2. The Labute approximate surface area is 322 Å². The molecule has 0 saturated carbocycles. The Morgan fingerprint density at radius 2 is 0.764 bits per heavy atom. The molecule has 258 valence electrons. The summed E-state index contributed by atoms with van der Waals surface area (Å²) in [5.41, 5.74) is 15.5. The Morgan fingerprint density at radius 1 is 0.291 bits per heavy atom. The summed E-state index contributed by atoms with van der Waals surface area (Å²) in [7, 11) is 0. The first kappa shape index (κ1) is 31.7. The largest absolute Gasteiger partial charge is 0.0616 e. The molecule has 0 aliphatic heterocycles. The van der Waals surface area contributed by atoms with E-state index in [9.17, 15) is 0 Å². The molecule has 0 bridgehead atoms. The van der Waals surface area contributed by atoms with Gasteiger partial charge in [-0.2, -0.15) is 0 Å². The summed E-state index contributed by atoms with van der Waals surface area (Å²) in [6.45, 7) is 4.80. The van der Waals surface area contributed by atoms with Gasteiger partial charge in [-0.05, 0) is 128 Å². The highest BCUT2D eigenvalue weighted by atomic mass is 14.4. The second-order valence-electron chi connectivity index (χ2n) is 15.6. The zero-order valence-corrected chi connectivity index (χ0v) is 31.0. The van der Waals surface area contributed by atoms with Crippen LogP contribution in [-0.4, -0.2) is 0 Å². The molecule has 0 radical (unpaired) electrons. The molecule has 0 N–H and O–H groups in total. The Hall–Kier alpha value is -6.76. The van der Waals surface area contributed by atoms with Gasteiger partial charge < -0.3 is 0 Å². The SMILES string of the molecule is CC1(C)c2cc3ccccc3cc2-c2cccc(-c3cccc(-c4c5ccccc5c(-c5ccccc5-c5cccc6ccccc56)c5ccccc45)c3)c21. The maximum atomic E-state index is 2.43. The maximum absolute atomic E-state index is 2.43. The third-order valence-corrected chi connectivity index (χ3v) is 12.2. The normalized spacial score (nSPS) is 13.1. The number of fused-ring (bicyclic) bond motifs is 7. The van der Waals surface area contributed by atoms with Crippen LogP contribution in [-0.2, 0) is 5.41 Å². The van der Waals surface area contributed by atoms with E-state index >= 15 is 0 Å². The molecular weight excluding hydrogens is 661 g/mol. The molecule has 0 aromatic heterocycles. The Kier molecular flexibility index (Phi) is 7.00. The van der Waals surface area contributed by atoms with E-state index in [4.69, 9.17) is 0 Å². The average Bonchev–Trinajstić information content (AvgIpc) is 3.46. The van der Waals surface area contributed by atoms with Gasteiger partial charge in [-0.1, -0.05) is 190 Å². The number of benzene rings is 10. The van der Waals surface area contributed by atoms with E-state index in [1.165, 1.54) is 110 Å². The van der Waals surface area contributed by atoms with Crippen molar-refractivity contribution < 1.29 is 0 Å². The van der Waals surface area contributed by atoms with Gasteiger partial charge in [0.25, 0.3) is 0 Å². The van der Waals surface area contributed by atoms with E-state index in [0.29, 0.717) is 0 Å². The van der Waals surface area contributed by atoms with Crippen LogP contribution in [0.5, 0.6) is 0 Å². The fourth-order valence-corrected chi connectivity index (χ4v) is 9.77. The molecule has 0 heteroatoms. The first-order chi connectivity index (χ1) is 27.1. The van der Waals surface area contributed by atoms with E-state index < -0.39 is 0 Å². The quantitative estimate of drug-likeness (QED) is 0.161. The molecule has 0 fully saturated rings. The highest BCUT2D eigenvalue weighted by molar-refractivity contribution is 6.23. The van der Waals surface area contributed by atoms with E-state index in [0.717, 1.165) is 0 Å². The van der Waals surface area contributed by atoms with Crippen molar-refractivity contribution in [3.8, 4) is 55.6 Å². The van der Waals surface area contributed by atoms with Crippen LogP contribution in [0.3, 0.4) is 0 Å². The van der Waals surface area contributed by atoms with Gasteiger partial charge in [0.1, 0.15) is 0 Å². The van der Waals surface area contributed by atoms with Crippen molar-refractivity contribution in [3.05, 3.63) is 205 Å². The summed E-state index contributed by atoms with van der Waals surface area (Å²) >= 11 is 0. The second-order valence-corrected chi connectivity index (χ2v) is 15.6. The van der Waals surface area contributed by atoms with Crippen LogP contribution in [0.4, 0.5) is 0 Å². The number of hydrogen-bond donors (Lipinski definition) is 0. The molecule has 11 rings (SSSR count). The Morgan fingerprint density at radius 3 is 1.49 bits per heavy atom. The van der Waals surface area contributed by atoms with Gasteiger partial charge in [-0.25, -0.2) is 0 Å². The van der Waals surface area contributed by atoms with Gasteiger partial charge in [0.15, 0.2) is 0 Å². The lowest BCUT2D eigenvalue weighted by Gasteiger charge is -2.25. The van der Waals surface area contributed by atoms with Crippen LogP contribution in [0.25, 0.3) is 98.7 Å². The van der Waals surface area contributed by atoms with Crippen LogP contribution >= 0.6 is 0 Å². The van der Waals surface area contributed by atoms with E-state index in [2.05, 4.69) is 208 Å². The van der Waals surface area contributed by atoms with Crippen molar-refractivity contribution in [3.63, 3.8) is 0 Å². The molecule has 0 amide bonds. The maximum Gasteiger partial charge on any atom is 0.0165 e. The molecular formula is C55H38. The molecule has 0 heterocycles. The van der Waals surface area contributed by atoms with Gasteiger partial charge in [0.2, 0.25) is 0 Å². The summed E-state index contributed by atoms with van der Waals surface area (Å²) in [5, 5.41) is 10.2. The van der Waals surface area contributed by atoms with Crippen molar-refractivity contribution in [2.24, 2.45) is 0 Å². The van der Waals surface area contributed by atoms with Gasteiger partial charge in [-0.3, -0.25) is 0 Å². The predicted molar refractivity (Wildman–Crippen MR) is 236 cm³/mol. The van der Waals surface area contributed by atoms with Crippen LogP contribution < -0.4 is 0 Å². The first-order valence-corrected chi connectivity index (χ1v) is 19.4. The fraction of sp³-hybridized carbons (Fsp3) is 0.0545. The fourth-order valence-electron chi connectivity index (χ4n) is 9.77. The number of hydrogen-bond acceptors (Lipinski definition) is 0. The smallest absolute Gasteiger partial charge is 0.0165 e. The van der Waals surface area contributed by atoms with E-state index in [-0.39, 0.29) is 5.41 Å². The van der Waals surface area contributed by atoms with Crippen LogP contribution in [0, 0.1) is 0 Å². The van der Waals surface area contributed by atoms with E-state index in [1.807, 2.05) is 0 Å². The van der Waals surface area contributed by atoms with Crippen LogP contribution in [0.15, 0.2) is 194 Å². The first-order valence-electron chi connectivity index (χ1n) is 19.4. The summed E-state index contributed by atoms with van der Waals surface area (Å²) in [5.74, 6) is 0. The summed E-state index contributed by atoms with van der Waals surface area (Å²) in [6.07, 6.45) is 0. The molecule has 10 aromatic carbocycles. The van der Waals surface area contributed by atoms with Crippen molar-refractivity contribution in [2.75, 3.05) is 0 Å². The van der Waals surface area contributed by atoms with Gasteiger partial charge in [0, 0.05) is 5.41 Å². The third kappa shape index (κ3) is 4.78. The lowest BCUT2D eigenvalue weighted by molar-refractivity contribution is 0.663. The standard InChI is InChI=1S/C55H38/c1-55(2)51-34-37-18-4-3-17-36(37)33-50(51)49-31-15-29-41(54(49)55)38-20-13-21-39(32-38)52-45-25-9-11-27-47(45)53(48-28-12-10-26-46(48)52)44-24-8-7-23-43(44)42-30-14-19-35-16-5-6-22-40(35)42/h3-34H,1-2H3. The minimum atomic E-state index is -0.139. The second kappa shape index (κ2) is 12.1. The molecule has 0 unspecified atom stereocenters. The van der Waals surface area contributed by atoms with E-state index in [1.54, 1.807) is 0 Å². The summed E-state index contributed by atoms with van der Waals surface area (Å²) < 4.78 is 0. The number of rotatable bonds is 4. The molecule has 55 heavy (non-hydrogen) atoms. The zero-order chi connectivity index (χ0) is 36.7. The topological polar surface area (TPSA) is 0 Å². The minimum absolute atomic E-state index is 0.139. The summed E-state index contributed by atoms with van der Waals surface area (Å²) in [6, 6.07) is 72.1. The lowest BCUT2D eigenvalue weighted by Crippen LogP contribution is -2.16. The molecule has 0 spiro atoms. The van der Waals surface area contributed by atoms with Crippen molar-refractivity contribution in [2.45, 2.75) is 19.3 Å². The van der Waals surface area contributed by atoms with Gasteiger partial charge >= 0.3 is 0 Å². The Balaban J connectivity index is 1.13. The van der Waals surface area contributed by atoms with Crippen LogP contribution in [0.2, 0.25) is 0 Å². The predicted octanol–water partition coefficient (Wildman–Crippen LogP) is 15.3. The highest BCUT2D eigenvalue weighted by Gasteiger charge is 2.38. The molecule has 1 aliphatic carbocycles. The van der Waals surface area contributed by atoms with Crippen molar-refractivity contribution >= 4 is 43.1 Å². The lowest BCUT2D eigenvalue weighted by atomic mass is 9.78. The molecule has 1 aliphatic rings. The minimum Gasteiger partial charge on any atom is -0.0616 e. The van der Waals surface area contributed by atoms with Crippen LogP contribution in [0.1, 0.15) is 25.0 Å². The monoisotopic (exact) mass is 698 g/mol. The molecule has 10 aromatic rings. The van der Waals surface area contributed by atoms with Crippen molar-refractivity contribution in [1.82, 2.24) is 0 Å². The molecule has 0 saturated heterocycles. The van der Waals surface area contributed by atoms with Gasteiger partial charge in [-0.15, -0.1) is 0 Å². The Bertz CT molecular complexity index is 3110. The average molecular weight is 699 g/mol.